The number of aromatic amines is 1. The summed E-state index contributed by atoms with van der Waals surface area (Å²) in [7, 11) is 0. The van der Waals surface area contributed by atoms with Gasteiger partial charge in [0, 0.05) is 16.3 Å². The molecule has 3 heteroatoms. The first-order chi connectivity index (χ1) is 8.97. The molecule has 3 rings (SSSR count). The van der Waals surface area contributed by atoms with E-state index in [2.05, 4.69) is 49.1 Å². The standard InChI is InChI=1S/C16H18N2O/c1-10-14(15(18-19-10)16(2,3)4)13-9-11-7-5-6-8-12(11)17-13/h5-9,17H,1-4H3. The third-order valence-corrected chi connectivity index (χ3v) is 3.37. The Kier molecular flexibility index (Phi) is 2.52. The van der Waals surface area contributed by atoms with E-state index in [1.165, 1.54) is 5.39 Å². The minimum atomic E-state index is -0.0373. The molecule has 0 saturated carbocycles. The molecule has 0 aliphatic carbocycles. The molecule has 3 nitrogen and oxygen atoms in total. The maximum Gasteiger partial charge on any atom is 0.143 e. The van der Waals surface area contributed by atoms with E-state index in [1.807, 2.05) is 19.1 Å². The van der Waals surface area contributed by atoms with Crippen LogP contribution in [0.4, 0.5) is 0 Å². The van der Waals surface area contributed by atoms with Gasteiger partial charge in [-0.15, -0.1) is 0 Å². The van der Waals surface area contributed by atoms with E-state index in [0.717, 1.165) is 28.2 Å². The summed E-state index contributed by atoms with van der Waals surface area (Å²) in [6.45, 7) is 8.41. The van der Waals surface area contributed by atoms with Crippen molar-refractivity contribution in [2.45, 2.75) is 33.1 Å². The fourth-order valence-corrected chi connectivity index (χ4v) is 2.41. The molecule has 0 fully saturated rings. The predicted octanol–water partition coefficient (Wildman–Crippen LogP) is 4.43. The van der Waals surface area contributed by atoms with Crippen molar-refractivity contribution in [3.8, 4) is 11.3 Å². The normalized spacial score (nSPS) is 12.2. The van der Waals surface area contributed by atoms with Crippen LogP contribution in [0.25, 0.3) is 22.2 Å². The number of hydrogen-bond acceptors (Lipinski definition) is 2. The second-order valence-electron chi connectivity index (χ2n) is 5.98. The summed E-state index contributed by atoms with van der Waals surface area (Å²) in [6.07, 6.45) is 0. The van der Waals surface area contributed by atoms with Gasteiger partial charge in [-0.3, -0.25) is 0 Å². The van der Waals surface area contributed by atoms with Gasteiger partial charge in [-0.25, -0.2) is 0 Å². The van der Waals surface area contributed by atoms with Crippen molar-refractivity contribution < 1.29 is 4.52 Å². The number of fused-ring (bicyclic) bond motifs is 1. The lowest BCUT2D eigenvalue weighted by atomic mass is 9.88. The Morgan fingerprint density at radius 2 is 1.89 bits per heavy atom. The number of aryl methyl sites for hydroxylation is 1. The summed E-state index contributed by atoms with van der Waals surface area (Å²) in [4.78, 5) is 3.45. The predicted molar refractivity (Wildman–Crippen MR) is 77.2 cm³/mol. The van der Waals surface area contributed by atoms with Crippen LogP contribution in [0, 0.1) is 6.92 Å². The van der Waals surface area contributed by atoms with E-state index in [0.29, 0.717) is 0 Å². The van der Waals surface area contributed by atoms with Crippen molar-refractivity contribution in [1.82, 2.24) is 10.1 Å². The molecule has 2 aromatic heterocycles. The highest BCUT2D eigenvalue weighted by atomic mass is 16.5. The van der Waals surface area contributed by atoms with Gasteiger partial charge in [-0.1, -0.05) is 44.1 Å². The zero-order valence-electron chi connectivity index (χ0n) is 11.7. The topological polar surface area (TPSA) is 41.8 Å². The number of rotatable bonds is 1. The SMILES string of the molecule is Cc1onc(C(C)(C)C)c1-c1cc2ccccc2[nH]1. The quantitative estimate of drug-likeness (QED) is 0.698. The lowest BCUT2D eigenvalue weighted by molar-refractivity contribution is 0.375. The third kappa shape index (κ3) is 1.95. The summed E-state index contributed by atoms with van der Waals surface area (Å²) >= 11 is 0. The first-order valence-corrected chi connectivity index (χ1v) is 6.52. The van der Waals surface area contributed by atoms with Crippen LogP contribution in [0.15, 0.2) is 34.9 Å². The van der Waals surface area contributed by atoms with Crippen LogP contribution in [-0.2, 0) is 5.41 Å². The Labute approximate surface area is 112 Å². The highest BCUT2D eigenvalue weighted by Gasteiger charge is 2.26. The molecule has 0 spiro atoms. The average Bonchev–Trinajstić information content (AvgIpc) is 2.90. The smallest absolute Gasteiger partial charge is 0.143 e. The molecule has 98 valence electrons. The van der Waals surface area contributed by atoms with E-state index < -0.39 is 0 Å². The molecule has 3 aromatic rings. The van der Waals surface area contributed by atoms with Gasteiger partial charge in [-0.05, 0) is 19.1 Å². The van der Waals surface area contributed by atoms with Crippen LogP contribution in [0.2, 0.25) is 0 Å². The fourth-order valence-electron chi connectivity index (χ4n) is 2.41. The number of aromatic nitrogens is 2. The Morgan fingerprint density at radius 1 is 1.16 bits per heavy atom. The number of nitrogens with zero attached hydrogens (tertiary/aromatic N) is 1. The van der Waals surface area contributed by atoms with Crippen molar-refractivity contribution in [2.75, 3.05) is 0 Å². The first kappa shape index (κ1) is 12.0. The van der Waals surface area contributed by atoms with Gasteiger partial charge >= 0.3 is 0 Å². The molecule has 0 saturated heterocycles. The number of H-pyrrole nitrogens is 1. The highest BCUT2D eigenvalue weighted by Crippen LogP contribution is 2.35. The molecule has 1 aromatic carbocycles. The second kappa shape index (κ2) is 3.98. The van der Waals surface area contributed by atoms with E-state index in [9.17, 15) is 0 Å². The largest absolute Gasteiger partial charge is 0.361 e. The van der Waals surface area contributed by atoms with Gasteiger partial charge in [0.15, 0.2) is 0 Å². The molecule has 19 heavy (non-hydrogen) atoms. The Morgan fingerprint density at radius 3 is 2.58 bits per heavy atom. The van der Waals surface area contributed by atoms with E-state index >= 15 is 0 Å². The van der Waals surface area contributed by atoms with E-state index in [1.54, 1.807) is 0 Å². The summed E-state index contributed by atoms with van der Waals surface area (Å²) in [5.41, 5.74) is 4.26. The summed E-state index contributed by atoms with van der Waals surface area (Å²) < 4.78 is 5.40. The lowest BCUT2D eigenvalue weighted by Gasteiger charge is -2.16. The molecule has 0 unspecified atom stereocenters. The number of hydrogen-bond donors (Lipinski definition) is 1. The van der Waals surface area contributed by atoms with Crippen molar-refractivity contribution in [3.63, 3.8) is 0 Å². The van der Waals surface area contributed by atoms with E-state index in [4.69, 9.17) is 4.52 Å². The minimum Gasteiger partial charge on any atom is -0.361 e. The summed E-state index contributed by atoms with van der Waals surface area (Å²) in [6, 6.07) is 10.4. The monoisotopic (exact) mass is 254 g/mol. The van der Waals surface area contributed by atoms with Gasteiger partial charge < -0.3 is 9.51 Å². The van der Waals surface area contributed by atoms with Crippen molar-refractivity contribution in [2.24, 2.45) is 0 Å². The highest BCUT2D eigenvalue weighted by molar-refractivity contribution is 5.86. The molecule has 0 amide bonds. The van der Waals surface area contributed by atoms with Gasteiger partial charge in [0.1, 0.15) is 5.76 Å². The summed E-state index contributed by atoms with van der Waals surface area (Å²) in [5.74, 6) is 0.858. The molecular weight excluding hydrogens is 236 g/mol. The number of nitrogens with one attached hydrogen (secondary N) is 1. The Hall–Kier alpha value is -2.03. The van der Waals surface area contributed by atoms with Crippen LogP contribution >= 0.6 is 0 Å². The molecular formula is C16H18N2O. The zero-order valence-corrected chi connectivity index (χ0v) is 11.7. The average molecular weight is 254 g/mol. The van der Waals surface area contributed by atoms with E-state index in [-0.39, 0.29) is 5.41 Å². The van der Waals surface area contributed by atoms with Crippen LogP contribution in [0.5, 0.6) is 0 Å². The third-order valence-electron chi connectivity index (χ3n) is 3.37. The molecule has 0 atom stereocenters. The second-order valence-corrected chi connectivity index (χ2v) is 5.98. The molecule has 0 radical (unpaired) electrons. The van der Waals surface area contributed by atoms with Crippen LogP contribution in [0.3, 0.4) is 0 Å². The van der Waals surface area contributed by atoms with Crippen LogP contribution in [-0.4, -0.2) is 10.1 Å². The molecule has 0 aliphatic rings. The van der Waals surface area contributed by atoms with Crippen LogP contribution < -0.4 is 0 Å². The molecule has 2 heterocycles. The van der Waals surface area contributed by atoms with Gasteiger partial charge in [-0.2, -0.15) is 0 Å². The molecule has 0 aliphatic heterocycles. The lowest BCUT2D eigenvalue weighted by Crippen LogP contribution is -2.13. The molecule has 0 bridgehead atoms. The van der Waals surface area contributed by atoms with Crippen molar-refractivity contribution in [1.29, 1.82) is 0 Å². The van der Waals surface area contributed by atoms with Gasteiger partial charge in [0.2, 0.25) is 0 Å². The van der Waals surface area contributed by atoms with Gasteiger partial charge in [0.25, 0.3) is 0 Å². The Balaban J connectivity index is 2.24. The number of benzene rings is 1. The summed E-state index contributed by atoms with van der Waals surface area (Å²) in [5, 5.41) is 5.44. The first-order valence-electron chi connectivity index (χ1n) is 6.52. The van der Waals surface area contributed by atoms with Crippen LogP contribution in [0.1, 0.15) is 32.2 Å². The maximum atomic E-state index is 5.40. The maximum absolute atomic E-state index is 5.40. The Bertz CT molecular complexity index is 696. The fraction of sp³-hybridized carbons (Fsp3) is 0.312. The van der Waals surface area contributed by atoms with Crippen molar-refractivity contribution in [3.05, 3.63) is 41.8 Å². The van der Waals surface area contributed by atoms with Gasteiger partial charge in [0.05, 0.1) is 17.0 Å². The zero-order chi connectivity index (χ0) is 13.6. The van der Waals surface area contributed by atoms with Crippen molar-refractivity contribution >= 4 is 10.9 Å². The number of para-hydroxylation sites is 1. The minimum absolute atomic E-state index is 0.0373. The molecule has 1 N–H and O–H groups in total.